The molecule has 2 N–H and O–H groups in total. The first-order chi connectivity index (χ1) is 10.3. The van der Waals surface area contributed by atoms with Crippen molar-refractivity contribution in [1.82, 2.24) is 10.3 Å². The van der Waals surface area contributed by atoms with Crippen molar-refractivity contribution in [2.24, 2.45) is 0 Å². The van der Waals surface area contributed by atoms with Crippen LogP contribution in [0.15, 0.2) is 48.7 Å². The van der Waals surface area contributed by atoms with Crippen molar-refractivity contribution in [3.8, 4) is 0 Å². The third kappa shape index (κ3) is 1.87. The Morgan fingerprint density at radius 3 is 2.67 bits per heavy atom. The first-order valence-electron chi connectivity index (χ1n) is 7.28. The molecule has 0 radical (unpaired) electrons. The van der Waals surface area contributed by atoms with E-state index < -0.39 is 0 Å². The van der Waals surface area contributed by atoms with Crippen LogP contribution in [-0.4, -0.2) is 23.0 Å². The number of aromatic nitrogens is 1. The third-order valence-electron chi connectivity index (χ3n) is 4.55. The summed E-state index contributed by atoms with van der Waals surface area (Å²) >= 11 is 0. The van der Waals surface area contributed by atoms with Crippen molar-refractivity contribution in [1.29, 1.82) is 0 Å². The number of carbonyl (C=O) groups excluding carboxylic acids is 1. The predicted octanol–water partition coefficient (Wildman–Crippen LogP) is 2.26. The number of benzene rings is 1. The van der Waals surface area contributed by atoms with Crippen molar-refractivity contribution < 1.29 is 4.79 Å². The van der Waals surface area contributed by atoms with Gasteiger partial charge in [0, 0.05) is 18.0 Å². The molecule has 4 nitrogen and oxygen atoms in total. The second-order valence-corrected chi connectivity index (χ2v) is 5.78. The van der Waals surface area contributed by atoms with Crippen LogP contribution in [0.1, 0.15) is 30.0 Å². The van der Waals surface area contributed by atoms with Gasteiger partial charge in [0.1, 0.15) is 5.78 Å². The van der Waals surface area contributed by atoms with Crippen LogP contribution in [0.2, 0.25) is 0 Å². The van der Waals surface area contributed by atoms with Gasteiger partial charge in [0.2, 0.25) is 0 Å². The summed E-state index contributed by atoms with van der Waals surface area (Å²) in [5.74, 6) is 0.493. The summed E-state index contributed by atoms with van der Waals surface area (Å²) in [4.78, 5) is 16.6. The van der Waals surface area contributed by atoms with Crippen LogP contribution in [-0.2, 0) is 4.79 Å². The zero-order chi connectivity index (χ0) is 14.4. The number of hydrogen-bond donors (Lipinski definition) is 2. The van der Waals surface area contributed by atoms with Gasteiger partial charge in [-0.15, -0.1) is 0 Å². The van der Waals surface area contributed by atoms with Crippen LogP contribution in [0.5, 0.6) is 0 Å². The molecule has 21 heavy (non-hydrogen) atoms. The lowest BCUT2D eigenvalue weighted by Gasteiger charge is -2.22. The lowest BCUT2D eigenvalue weighted by atomic mass is 9.81. The topological polar surface area (TPSA) is 54.0 Å². The maximum Gasteiger partial charge on any atom is 0.147 e. The highest BCUT2D eigenvalue weighted by molar-refractivity contribution is 5.84. The molecular weight excluding hydrogens is 262 g/mol. The average molecular weight is 279 g/mol. The molecule has 1 fully saturated rings. The second kappa shape index (κ2) is 4.67. The summed E-state index contributed by atoms with van der Waals surface area (Å²) in [6.45, 7) is 1.66. The molecule has 4 rings (SSSR count). The lowest BCUT2D eigenvalue weighted by Crippen LogP contribution is -2.39. The smallest absolute Gasteiger partial charge is 0.147 e. The number of nitrogens with zero attached hydrogens (tertiary/aromatic N) is 1. The van der Waals surface area contributed by atoms with Crippen LogP contribution in [0, 0.1) is 0 Å². The van der Waals surface area contributed by atoms with Crippen molar-refractivity contribution in [2.75, 3.05) is 5.32 Å². The maximum atomic E-state index is 12.1. The van der Waals surface area contributed by atoms with E-state index in [1.165, 1.54) is 5.56 Å². The highest BCUT2D eigenvalue weighted by Gasteiger charge is 2.50. The molecule has 1 aromatic heterocycles. The fraction of sp³-hybridized carbons (Fsp3) is 0.294. The zero-order valence-corrected chi connectivity index (χ0v) is 11.8. The molecule has 0 spiro atoms. The molecule has 2 aliphatic heterocycles. The number of anilines is 1. The van der Waals surface area contributed by atoms with E-state index >= 15 is 0 Å². The summed E-state index contributed by atoms with van der Waals surface area (Å²) < 4.78 is 0. The van der Waals surface area contributed by atoms with E-state index in [4.69, 9.17) is 0 Å². The zero-order valence-electron chi connectivity index (χ0n) is 11.8. The number of hydrogen-bond acceptors (Lipinski definition) is 4. The Morgan fingerprint density at radius 2 is 1.90 bits per heavy atom. The highest BCUT2D eigenvalue weighted by atomic mass is 16.1. The minimum Gasteiger partial charge on any atom is -0.368 e. The Labute approximate surface area is 123 Å². The third-order valence-corrected chi connectivity index (χ3v) is 4.55. The van der Waals surface area contributed by atoms with Gasteiger partial charge < -0.3 is 5.32 Å². The number of carbonyl (C=O) groups is 1. The van der Waals surface area contributed by atoms with Crippen LogP contribution < -0.4 is 10.6 Å². The molecule has 4 unspecified atom stereocenters. The Balaban J connectivity index is 1.82. The van der Waals surface area contributed by atoms with E-state index in [9.17, 15) is 4.79 Å². The first-order valence-corrected chi connectivity index (χ1v) is 7.28. The summed E-state index contributed by atoms with van der Waals surface area (Å²) in [5.41, 5.74) is 3.33. The molecule has 3 heterocycles. The van der Waals surface area contributed by atoms with Gasteiger partial charge in [-0.2, -0.15) is 0 Å². The number of pyridine rings is 1. The molecule has 2 aromatic rings. The Morgan fingerprint density at radius 1 is 1.10 bits per heavy atom. The van der Waals surface area contributed by atoms with Crippen LogP contribution in [0.3, 0.4) is 0 Å². The van der Waals surface area contributed by atoms with Gasteiger partial charge in [-0.05, 0) is 24.6 Å². The number of rotatable bonds is 2. The summed E-state index contributed by atoms with van der Waals surface area (Å²) in [6.07, 6.45) is 1.90. The van der Waals surface area contributed by atoms with Gasteiger partial charge in [-0.1, -0.05) is 30.3 Å². The molecule has 4 atom stereocenters. The van der Waals surface area contributed by atoms with Gasteiger partial charge in [0.25, 0.3) is 0 Å². The second-order valence-electron chi connectivity index (χ2n) is 5.78. The maximum absolute atomic E-state index is 12.1. The Bertz CT molecular complexity index is 685. The van der Waals surface area contributed by atoms with E-state index in [0.717, 1.165) is 11.4 Å². The molecule has 4 heteroatoms. The van der Waals surface area contributed by atoms with Gasteiger partial charge in [0.15, 0.2) is 0 Å². The van der Waals surface area contributed by atoms with Gasteiger partial charge in [-0.25, -0.2) is 0 Å². The minimum atomic E-state index is -0.162. The van der Waals surface area contributed by atoms with Gasteiger partial charge in [-0.3, -0.25) is 15.1 Å². The van der Waals surface area contributed by atoms with Crippen molar-refractivity contribution in [2.45, 2.75) is 31.0 Å². The number of ketones is 1. The molecule has 106 valence electrons. The van der Waals surface area contributed by atoms with E-state index in [1.54, 1.807) is 6.92 Å². The fourth-order valence-electron chi connectivity index (χ4n) is 3.69. The van der Waals surface area contributed by atoms with E-state index in [2.05, 4.69) is 27.8 Å². The van der Waals surface area contributed by atoms with Crippen LogP contribution in [0.4, 0.5) is 5.69 Å². The Hall–Kier alpha value is -2.20. The molecule has 1 aromatic carbocycles. The molecule has 0 aliphatic carbocycles. The first kappa shape index (κ1) is 12.5. The normalized spacial score (nSPS) is 29.6. The minimum absolute atomic E-state index is 0.0778. The fourth-order valence-corrected chi connectivity index (χ4v) is 3.69. The lowest BCUT2D eigenvalue weighted by molar-refractivity contribution is -0.119. The summed E-state index contributed by atoms with van der Waals surface area (Å²) in [7, 11) is 0. The number of Topliss-reactive ketones (excluding diaryl/α,β-unsaturated/α-hetero) is 1. The Kier molecular flexibility index (Phi) is 2.79. The van der Waals surface area contributed by atoms with E-state index in [1.807, 2.05) is 36.5 Å². The molecule has 1 saturated heterocycles. The monoisotopic (exact) mass is 279 g/mol. The number of nitrogens with one attached hydrogen (secondary N) is 2. The molecule has 0 amide bonds. The molecule has 0 saturated carbocycles. The van der Waals surface area contributed by atoms with Gasteiger partial charge in [0.05, 0.1) is 23.6 Å². The average Bonchev–Trinajstić information content (AvgIpc) is 3.03. The molecular formula is C17H17N3O. The molecule has 2 aliphatic rings. The highest BCUT2D eigenvalue weighted by Crippen LogP contribution is 2.48. The SMILES string of the molecule is CC(=O)C1NC2Nc3cccnc3C2C1c1ccccc1. The van der Waals surface area contributed by atoms with Crippen molar-refractivity contribution >= 4 is 11.5 Å². The largest absolute Gasteiger partial charge is 0.368 e. The van der Waals surface area contributed by atoms with Gasteiger partial charge >= 0.3 is 0 Å². The van der Waals surface area contributed by atoms with Crippen LogP contribution >= 0.6 is 0 Å². The number of fused-ring (bicyclic) bond motifs is 3. The predicted molar refractivity (Wildman–Crippen MR) is 81.2 cm³/mol. The quantitative estimate of drug-likeness (QED) is 0.885. The van der Waals surface area contributed by atoms with E-state index in [0.29, 0.717) is 0 Å². The van der Waals surface area contributed by atoms with E-state index in [-0.39, 0.29) is 29.8 Å². The van der Waals surface area contributed by atoms with Crippen LogP contribution in [0.25, 0.3) is 0 Å². The van der Waals surface area contributed by atoms with Crippen molar-refractivity contribution in [3.05, 3.63) is 59.9 Å². The standard InChI is InChI=1S/C17H17N3O/c1-10(21)15-13(11-6-3-2-4-7-11)14-16-12(8-5-9-18-16)19-17(14)20-15/h2-9,13-15,17,19-20H,1H3. The summed E-state index contributed by atoms with van der Waals surface area (Å²) in [6, 6.07) is 14.1. The molecule has 0 bridgehead atoms. The van der Waals surface area contributed by atoms with Crippen molar-refractivity contribution in [3.63, 3.8) is 0 Å². The summed E-state index contributed by atoms with van der Waals surface area (Å²) in [5, 5.41) is 6.90.